The van der Waals surface area contributed by atoms with Crippen LogP contribution in [0.3, 0.4) is 0 Å². The summed E-state index contributed by atoms with van der Waals surface area (Å²) in [5, 5.41) is 0.121. The van der Waals surface area contributed by atoms with Crippen LogP contribution in [0, 0.1) is 0 Å². The van der Waals surface area contributed by atoms with Crippen molar-refractivity contribution < 1.29 is 13.2 Å². The van der Waals surface area contributed by atoms with Gasteiger partial charge in [-0.05, 0) is 19.3 Å². The molecule has 0 rings (SSSR count). The van der Waals surface area contributed by atoms with E-state index in [0.29, 0.717) is 6.42 Å². The van der Waals surface area contributed by atoms with E-state index >= 15 is 0 Å². The standard InChI is InChI=1S/C8H14ClF3S/c1-2-7(9)5-3-4-6-13-8(10,11)12/h7H,2-6H2,1H3. The molecule has 0 saturated heterocycles. The molecule has 0 bridgehead atoms. The van der Waals surface area contributed by atoms with Gasteiger partial charge >= 0.3 is 5.51 Å². The molecule has 0 saturated carbocycles. The van der Waals surface area contributed by atoms with Gasteiger partial charge in [-0.15, -0.1) is 11.6 Å². The normalized spacial score (nSPS) is 14.5. The first-order valence-corrected chi connectivity index (χ1v) is 5.72. The van der Waals surface area contributed by atoms with Crippen LogP contribution in [0.1, 0.15) is 32.6 Å². The van der Waals surface area contributed by atoms with E-state index in [9.17, 15) is 13.2 Å². The van der Waals surface area contributed by atoms with E-state index < -0.39 is 5.51 Å². The Hall–Kier alpha value is 0.430. The van der Waals surface area contributed by atoms with Crippen molar-refractivity contribution in [2.24, 2.45) is 0 Å². The summed E-state index contributed by atoms with van der Waals surface area (Å²) >= 11 is 5.85. The minimum absolute atomic E-state index is 0.0498. The van der Waals surface area contributed by atoms with Crippen LogP contribution in [0.2, 0.25) is 0 Å². The predicted molar refractivity (Wildman–Crippen MR) is 52.3 cm³/mol. The number of halogens is 4. The molecule has 80 valence electrons. The Morgan fingerprint density at radius 3 is 2.38 bits per heavy atom. The summed E-state index contributed by atoms with van der Waals surface area (Å²) in [6.07, 6.45) is 3.07. The molecular weight excluding hydrogens is 221 g/mol. The maximum absolute atomic E-state index is 11.6. The zero-order valence-corrected chi connectivity index (χ0v) is 9.11. The van der Waals surface area contributed by atoms with Crippen LogP contribution in [-0.2, 0) is 0 Å². The molecule has 1 unspecified atom stereocenters. The second kappa shape index (κ2) is 6.82. The van der Waals surface area contributed by atoms with Crippen LogP contribution in [-0.4, -0.2) is 16.6 Å². The number of rotatable bonds is 6. The Morgan fingerprint density at radius 1 is 1.31 bits per heavy atom. The summed E-state index contributed by atoms with van der Waals surface area (Å²) in [5.74, 6) is 0.150. The van der Waals surface area contributed by atoms with Gasteiger partial charge in [0.05, 0.1) is 0 Å². The molecule has 1 atom stereocenters. The Bertz CT molecular complexity index is 127. The molecule has 0 radical (unpaired) electrons. The number of hydrogen-bond donors (Lipinski definition) is 0. The lowest BCUT2D eigenvalue weighted by atomic mass is 10.2. The highest BCUT2D eigenvalue weighted by Gasteiger charge is 2.27. The number of hydrogen-bond acceptors (Lipinski definition) is 1. The summed E-state index contributed by atoms with van der Waals surface area (Å²) in [6, 6.07) is 0. The zero-order chi connectivity index (χ0) is 10.3. The molecule has 0 aliphatic carbocycles. The molecule has 0 N–H and O–H groups in total. The summed E-state index contributed by atoms with van der Waals surface area (Å²) in [4.78, 5) is 0. The lowest BCUT2D eigenvalue weighted by molar-refractivity contribution is -0.0328. The third-order valence-electron chi connectivity index (χ3n) is 1.62. The van der Waals surface area contributed by atoms with Gasteiger partial charge < -0.3 is 0 Å². The molecule has 0 aromatic rings. The fraction of sp³-hybridized carbons (Fsp3) is 1.00. The molecule has 0 spiro atoms. The molecule has 0 nitrogen and oxygen atoms in total. The predicted octanol–water partition coefficient (Wildman–Crippen LogP) is 4.43. The van der Waals surface area contributed by atoms with E-state index in [0.717, 1.165) is 19.3 Å². The summed E-state index contributed by atoms with van der Waals surface area (Å²) < 4.78 is 34.9. The van der Waals surface area contributed by atoms with Crippen LogP contribution >= 0.6 is 23.4 Å². The third-order valence-corrected chi connectivity index (χ3v) is 2.97. The molecule has 5 heteroatoms. The van der Waals surface area contributed by atoms with Crippen LogP contribution in [0.5, 0.6) is 0 Å². The third kappa shape index (κ3) is 10.4. The number of unbranched alkanes of at least 4 members (excludes halogenated alkanes) is 1. The topological polar surface area (TPSA) is 0 Å². The van der Waals surface area contributed by atoms with Gasteiger partial charge in [0.2, 0.25) is 0 Å². The van der Waals surface area contributed by atoms with Crippen molar-refractivity contribution in [3.8, 4) is 0 Å². The molecule has 0 aromatic heterocycles. The summed E-state index contributed by atoms with van der Waals surface area (Å²) in [5.41, 5.74) is -4.08. The van der Waals surface area contributed by atoms with E-state index in [1.165, 1.54) is 0 Å². The smallest absolute Gasteiger partial charge is 0.160 e. The van der Waals surface area contributed by atoms with Crippen LogP contribution in [0.15, 0.2) is 0 Å². The highest BCUT2D eigenvalue weighted by atomic mass is 35.5. The maximum Gasteiger partial charge on any atom is 0.441 e. The van der Waals surface area contributed by atoms with Gasteiger partial charge in [-0.2, -0.15) is 13.2 Å². The van der Waals surface area contributed by atoms with E-state index in [1.54, 1.807) is 0 Å². The van der Waals surface area contributed by atoms with Crippen molar-refractivity contribution in [2.75, 3.05) is 5.75 Å². The minimum Gasteiger partial charge on any atom is -0.160 e. The summed E-state index contributed by atoms with van der Waals surface area (Å²) in [7, 11) is 0. The van der Waals surface area contributed by atoms with Gasteiger partial charge in [0, 0.05) is 11.1 Å². The van der Waals surface area contributed by atoms with Gasteiger partial charge in [-0.25, -0.2) is 0 Å². The first kappa shape index (κ1) is 13.4. The van der Waals surface area contributed by atoms with E-state index in [4.69, 9.17) is 11.6 Å². The fourth-order valence-electron chi connectivity index (χ4n) is 0.860. The monoisotopic (exact) mass is 234 g/mol. The van der Waals surface area contributed by atoms with Crippen LogP contribution in [0.4, 0.5) is 13.2 Å². The molecule has 0 aliphatic heterocycles. The number of alkyl halides is 4. The van der Waals surface area contributed by atoms with Crippen molar-refractivity contribution in [3.05, 3.63) is 0 Å². The van der Waals surface area contributed by atoms with Crippen molar-refractivity contribution in [1.29, 1.82) is 0 Å². The van der Waals surface area contributed by atoms with Crippen molar-refractivity contribution >= 4 is 23.4 Å². The van der Waals surface area contributed by atoms with Gasteiger partial charge in [0.25, 0.3) is 0 Å². The average molecular weight is 235 g/mol. The van der Waals surface area contributed by atoms with Crippen molar-refractivity contribution in [1.82, 2.24) is 0 Å². The highest BCUT2D eigenvalue weighted by Crippen LogP contribution is 2.30. The van der Waals surface area contributed by atoms with E-state index in [-0.39, 0.29) is 22.9 Å². The first-order valence-electron chi connectivity index (χ1n) is 4.30. The van der Waals surface area contributed by atoms with E-state index in [2.05, 4.69) is 0 Å². The second-order valence-corrected chi connectivity index (χ2v) is 4.57. The molecular formula is C8H14ClF3S. The maximum atomic E-state index is 11.6. The molecule has 0 fully saturated rings. The van der Waals surface area contributed by atoms with Crippen molar-refractivity contribution in [2.45, 2.75) is 43.5 Å². The van der Waals surface area contributed by atoms with Gasteiger partial charge in [-0.1, -0.05) is 25.1 Å². The molecule has 13 heavy (non-hydrogen) atoms. The zero-order valence-electron chi connectivity index (χ0n) is 7.53. The quantitative estimate of drug-likeness (QED) is 0.484. The molecule has 0 aliphatic rings. The molecule has 0 aromatic carbocycles. The lowest BCUT2D eigenvalue weighted by Crippen LogP contribution is -2.02. The average Bonchev–Trinajstić information content (AvgIpc) is 2.01. The SMILES string of the molecule is CCC(Cl)CCCCSC(F)(F)F. The van der Waals surface area contributed by atoms with Gasteiger partial charge in [-0.3, -0.25) is 0 Å². The number of thioether (sulfide) groups is 1. The Morgan fingerprint density at radius 2 is 1.92 bits per heavy atom. The Labute approximate surface area is 86.2 Å². The lowest BCUT2D eigenvalue weighted by Gasteiger charge is -2.07. The van der Waals surface area contributed by atoms with Crippen molar-refractivity contribution in [3.63, 3.8) is 0 Å². The molecule has 0 amide bonds. The largest absolute Gasteiger partial charge is 0.441 e. The first-order chi connectivity index (χ1) is 5.95. The highest BCUT2D eigenvalue weighted by molar-refractivity contribution is 8.00. The van der Waals surface area contributed by atoms with Crippen LogP contribution < -0.4 is 0 Å². The van der Waals surface area contributed by atoms with E-state index in [1.807, 2.05) is 6.92 Å². The fourth-order valence-corrected chi connectivity index (χ4v) is 1.59. The molecule has 0 heterocycles. The summed E-state index contributed by atoms with van der Waals surface area (Å²) in [6.45, 7) is 1.97. The Kier molecular flexibility index (Phi) is 7.05. The van der Waals surface area contributed by atoms with Crippen LogP contribution in [0.25, 0.3) is 0 Å². The van der Waals surface area contributed by atoms with Gasteiger partial charge in [0.15, 0.2) is 0 Å². The second-order valence-electron chi connectivity index (χ2n) is 2.80. The minimum atomic E-state index is -4.08. The Balaban J connectivity index is 3.18. The van der Waals surface area contributed by atoms with Gasteiger partial charge in [0.1, 0.15) is 0 Å².